The minimum absolute atomic E-state index is 0.0503. The summed E-state index contributed by atoms with van der Waals surface area (Å²) in [6, 6.07) is 0.476. The molecule has 19 heavy (non-hydrogen) atoms. The van der Waals surface area contributed by atoms with Crippen LogP contribution in [0.5, 0.6) is 0 Å². The van der Waals surface area contributed by atoms with Crippen LogP contribution < -0.4 is 5.32 Å². The maximum Gasteiger partial charge on any atom is 0.241 e. The van der Waals surface area contributed by atoms with Gasteiger partial charge in [0.05, 0.1) is 12.2 Å². The smallest absolute Gasteiger partial charge is 0.241 e. The number of carbonyl (C=O) groups is 1. The lowest BCUT2D eigenvalue weighted by Crippen LogP contribution is -2.52. The molecule has 0 spiro atoms. The highest BCUT2D eigenvalue weighted by atomic mass is 16.2. The lowest BCUT2D eigenvalue weighted by atomic mass is 9.72. The van der Waals surface area contributed by atoms with Crippen LogP contribution in [-0.4, -0.2) is 29.1 Å². The predicted molar refractivity (Wildman–Crippen MR) is 78.8 cm³/mol. The lowest BCUT2D eigenvalue weighted by molar-refractivity contribution is -0.136. The Labute approximate surface area is 118 Å². The molecule has 0 bridgehead atoms. The van der Waals surface area contributed by atoms with Crippen LogP contribution in [0.4, 0.5) is 0 Å². The Balaban J connectivity index is 2.20. The number of nitrogens with zero attached hydrogens (tertiary/aromatic N) is 1. The average molecular weight is 266 g/mol. The van der Waals surface area contributed by atoms with Gasteiger partial charge in [0, 0.05) is 6.04 Å². The van der Waals surface area contributed by atoms with E-state index < -0.39 is 0 Å². The minimum atomic E-state index is 0.0503. The lowest BCUT2D eigenvalue weighted by Gasteiger charge is -2.45. The first-order valence-corrected chi connectivity index (χ1v) is 8.09. The summed E-state index contributed by atoms with van der Waals surface area (Å²) in [5, 5.41) is 3.55. The van der Waals surface area contributed by atoms with E-state index in [9.17, 15) is 4.79 Å². The fraction of sp³-hybridized carbons (Fsp3) is 0.938. The summed E-state index contributed by atoms with van der Waals surface area (Å²) in [5.74, 6) is 0.348. The van der Waals surface area contributed by atoms with Crippen molar-refractivity contribution in [2.75, 3.05) is 0 Å². The molecule has 3 nitrogen and oxygen atoms in total. The van der Waals surface area contributed by atoms with E-state index in [0.717, 1.165) is 19.3 Å². The molecule has 1 aliphatic heterocycles. The van der Waals surface area contributed by atoms with Crippen LogP contribution in [-0.2, 0) is 4.79 Å². The zero-order valence-electron chi connectivity index (χ0n) is 13.0. The zero-order chi connectivity index (χ0) is 14.0. The molecule has 1 N–H and O–H groups in total. The first kappa shape index (κ1) is 14.8. The Hall–Kier alpha value is -0.570. The topological polar surface area (TPSA) is 32.3 Å². The highest BCUT2D eigenvalue weighted by Crippen LogP contribution is 2.41. The second-order valence-corrected chi connectivity index (χ2v) is 6.93. The van der Waals surface area contributed by atoms with Crippen molar-refractivity contribution < 1.29 is 4.79 Å². The Morgan fingerprint density at radius 2 is 2.05 bits per heavy atom. The van der Waals surface area contributed by atoms with E-state index in [1.807, 2.05) is 0 Å². The van der Waals surface area contributed by atoms with Crippen LogP contribution in [0.1, 0.15) is 72.6 Å². The van der Waals surface area contributed by atoms with Gasteiger partial charge in [-0.3, -0.25) is 10.1 Å². The van der Waals surface area contributed by atoms with Gasteiger partial charge in [-0.25, -0.2) is 0 Å². The number of rotatable bonds is 4. The standard InChI is InChI=1S/C16H30N2O/c1-5-9-14-17-12(6-2)15(19)18(14)13-10-7-8-11-16(13,3)4/h12-14,17H,5-11H2,1-4H3. The van der Waals surface area contributed by atoms with Crippen LogP contribution in [0.25, 0.3) is 0 Å². The molecule has 1 aliphatic carbocycles. The highest BCUT2D eigenvalue weighted by molar-refractivity contribution is 5.84. The molecule has 3 unspecified atom stereocenters. The summed E-state index contributed by atoms with van der Waals surface area (Å²) in [6.07, 6.45) is 8.39. The molecule has 0 aromatic rings. The van der Waals surface area contributed by atoms with Gasteiger partial charge in [0.25, 0.3) is 0 Å². The molecule has 0 aromatic heterocycles. The van der Waals surface area contributed by atoms with E-state index in [0.29, 0.717) is 11.9 Å². The first-order chi connectivity index (χ1) is 9.01. The quantitative estimate of drug-likeness (QED) is 0.847. The van der Waals surface area contributed by atoms with Crippen molar-refractivity contribution in [2.45, 2.75) is 90.9 Å². The Kier molecular flexibility index (Phi) is 4.54. The normalized spacial score (nSPS) is 34.8. The van der Waals surface area contributed by atoms with Gasteiger partial charge in [-0.15, -0.1) is 0 Å². The van der Waals surface area contributed by atoms with Gasteiger partial charge >= 0.3 is 0 Å². The Morgan fingerprint density at radius 3 is 2.63 bits per heavy atom. The molecule has 1 saturated heterocycles. The monoisotopic (exact) mass is 266 g/mol. The van der Waals surface area contributed by atoms with Crippen molar-refractivity contribution in [1.82, 2.24) is 10.2 Å². The first-order valence-electron chi connectivity index (χ1n) is 8.09. The number of carbonyl (C=O) groups excluding carboxylic acids is 1. The number of nitrogens with one attached hydrogen (secondary N) is 1. The van der Waals surface area contributed by atoms with E-state index >= 15 is 0 Å². The molecule has 3 heteroatoms. The van der Waals surface area contributed by atoms with E-state index in [-0.39, 0.29) is 17.6 Å². The highest BCUT2D eigenvalue weighted by Gasteiger charge is 2.46. The van der Waals surface area contributed by atoms with Gasteiger partial charge in [0.1, 0.15) is 0 Å². The number of hydrogen-bond acceptors (Lipinski definition) is 2. The van der Waals surface area contributed by atoms with E-state index in [1.165, 1.54) is 25.7 Å². The Bertz CT molecular complexity index is 327. The fourth-order valence-electron chi connectivity index (χ4n) is 3.87. The second kappa shape index (κ2) is 5.82. The van der Waals surface area contributed by atoms with Gasteiger partial charge in [-0.2, -0.15) is 0 Å². The summed E-state index contributed by atoms with van der Waals surface area (Å²) in [7, 11) is 0. The summed E-state index contributed by atoms with van der Waals surface area (Å²) in [5.41, 5.74) is 0.268. The van der Waals surface area contributed by atoms with Crippen LogP contribution in [0.3, 0.4) is 0 Å². The number of hydrogen-bond donors (Lipinski definition) is 1. The van der Waals surface area contributed by atoms with Gasteiger partial charge in [0.2, 0.25) is 5.91 Å². The average Bonchev–Trinajstić information content (AvgIpc) is 2.66. The maximum absolute atomic E-state index is 12.7. The molecule has 1 saturated carbocycles. The largest absolute Gasteiger partial charge is 0.322 e. The molecule has 3 atom stereocenters. The SMILES string of the molecule is CCCC1NC(CC)C(=O)N1C1CCCCC1(C)C. The Morgan fingerprint density at radius 1 is 1.32 bits per heavy atom. The van der Waals surface area contributed by atoms with Crippen LogP contribution in [0.2, 0.25) is 0 Å². The summed E-state index contributed by atoms with van der Waals surface area (Å²) in [6.45, 7) is 8.99. The number of amides is 1. The van der Waals surface area contributed by atoms with Crippen molar-refractivity contribution in [3.63, 3.8) is 0 Å². The fourth-order valence-corrected chi connectivity index (χ4v) is 3.87. The molecule has 1 amide bonds. The van der Waals surface area contributed by atoms with Crippen molar-refractivity contribution in [1.29, 1.82) is 0 Å². The zero-order valence-corrected chi connectivity index (χ0v) is 13.0. The molecule has 2 aliphatic rings. The van der Waals surface area contributed by atoms with Gasteiger partial charge in [0.15, 0.2) is 0 Å². The molecule has 0 aromatic carbocycles. The van der Waals surface area contributed by atoms with Crippen molar-refractivity contribution in [2.24, 2.45) is 5.41 Å². The van der Waals surface area contributed by atoms with Crippen LogP contribution in [0, 0.1) is 5.41 Å². The third-order valence-corrected chi connectivity index (χ3v) is 5.04. The molecule has 2 rings (SSSR count). The molecular formula is C16H30N2O. The van der Waals surface area contributed by atoms with Gasteiger partial charge in [-0.1, -0.05) is 47.0 Å². The third kappa shape index (κ3) is 2.81. The van der Waals surface area contributed by atoms with Crippen molar-refractivity contribution in [3.8, 4) is 0 Å². The summed E-state index contributed by atoms with van der Waals surface area (Å²) in [4.78, 5) is 14.9. The predicted octanol–water partition coefficient (Wildman–Crippen LogP) is 3.29. The van der Waals surface area contributed by atoms with Crippen LogP contribution >= 0.6 is 0 Å². The van der Waals surface area contributed by atoms with E-state index in [1.54, 1.807) is 0 Å². The molecule has 1 heterocycles. The summed E-state index contributed by atoms with van der Waals surface area (Å²) >= 11 is 0. The molecule has 2 fully saturated rings. The summed E-state index contributed by atoms with van der Waals surface area (Å²) < 4.78 is 0. The third-order valence-electron chi connectivity index (χ3n) is 5.04. The second-order valence-electron chi connectivity index (χ2n) is 6.93. The minimum Gasteiger partial charge on any atom is -0.322 e. The molecule has 0 radical (unpaired) electrons. The van der Waals surface area contributed by atoms with Gasteiger partial charge < -0.3 is 4.90 Å². The van der Waals surface area contributed by atoms with Gasteiger partial charge in [-0.05, 0) is 31.1 Å². The van der Waals surface area contributed by atoms with Crippen LogP contribution in [0.15, 0.2) is 0 Å². The molecule has 110 valence electrons. The molecular weight excluding hydrogens is 236 g/mol. The van der Waals surface area contributed by atoms with Crippen molar-refractivity contribution in [3.05, 3.63) is 0 Å². The van der Waals surface area contributed by atoms with Crippen molar-refractivity contribution >= 4 is 5.91 Å². The van der Waals surface area contributed by atoms with E-state index in [2.05, 4.69) is 37.9 Å². The maximum atomic E-state index is 12.7. The van der Waals surface area contributed by atoms with E-state index in [4.69, 9.17) is 0 Å².